The fourth-order valence-electron chi connectivity index (χ4n) is 3.04. The van der Waals surface area contributed by atoms with E-state index in [1.807, 2.05) is 30.3 Å². The Kier molecular flexibility index (Phi) is 4.39. The van der Waals surface area contributed by atoms with Crippen molar-refractivity contribution in [3.63, 3.8) is 0 Å². The van der Waals surface area contributed by atoms with Gasteiger partial charge in [-0.15, -0.1) is 0 Å². The summed E-state index contributed by atoms with van der Waals surface area (Å²) in [5.41, 5.74) is 2.58. The molecule has 0 bridgehead atoms. The zero-order valence-corrected chi connectivity index (χ0v) is 13.9. The molecule has 1 fully saturated rings. The molecule has 0 saturated carbocycles. The van der Waals surface area contributed by atoms with Crippen LogP contribution < -0.4 is 15.6 Å². The number of rotatable bonds is 4. The SMILES string of the molecule is O=c1cc(N2CCOCC2)oc2c(NCc3ccccc3)cccc12. The molecule has 0 unspecified atom stereocenters. The smallest absolute Gasteiger partial charge is 0.200 e. The van der Waals surface area contributed by atoms with Gasteiger partial charge in [0.2, 0.25) is 0 Å². The van der Waals surface area contributed by atoms with Gasteiger partial charge in [-0.2, -0.15) is 0 Å². The molecule has 3 aromatic rings. The maximum absolute atomic E-state index is 12.5. The van der Waals surface area contributed by atoms with Gasteiger partial charge in [-0.1, -0.05) is 36.4 Å². The molecule has 1 aliphatic rings. The summed E-state index contributed by atoms with van der Waals surface area (Å²) in [6.07, 6.45) is 0. The minimum atomic E-state index is -0.0221. The highest BCUT2D eigenvalue weighted by molar-refractivity contribution is 5.89. The van der Waals surface area contributed by atoms with Crippen LogP contribution in [0, 0.1) is 0 Å². The van der Waals surface area contributed by atoms with Crippen LogP contribution in [0.1, 0.15) is 5.56 Å². The molecule has 1 aromatic heterocycles. The lowest BCUT2D eigenvalue weighted by molar-refractivity contribution is 0.121. The van der Waals surface area contributed by atoms with E-state index in [0.29, 0.717) is 36.6 Å². The van der Waals surface area contributed by atoms with E-state index in [0.717, 1.165) is 18.8 Å². The molecule has 0 aliphatic carbocycles. The number of morpholine rings is 1. The van der Waals surface area contributed by atoms with Crippen LogP contribution in [0.25, 0.3) is 11.0 Å². The number of benzene rings is 2. The lowest BCUT2D eigenvalue weighted by atomic mass is 10.2. The molecule has 1 N–H and O–H groups in total. The highest BCUT2D eigenvalue weighted by atomic mass is 16.5. The maximum Gasteiger partial charge on any atom is 0.200 e. The third-order valence-electron chi connectivity index (χ3n) is 4.39. The summed E-state index contributed by atoms with van der Waals surface area (Å²) < 4.78 is 11.5. The fourth-order valence-corrected chi connectivity index (χ4v) is 3.04. The predicted octanol–water partition coefficient (Wildman–Crippen LogP) is 3.24. The average Bonchev–Trinajstić information content (AvgIpc) is 2.68. The highest BCUT2D eigenvalue weighted by Crippen LogP contribution is 2.26. The summed E-state index contributed by atoms with van der Waals surface area (Å²) in [7, 11) is 0. The van der Waals surface area contributed by atoms with E-state index < -0.39 is 0 Å². The summed E-state index contributed by atoms with van der Waals surface area (Å²) in [5, 5.41) is 3.98. The van der Waals surface area contributed by atoms with Gasteiger partial charge < -0.3 is 19.4 Å². The molecule has 2 heterocycles. The first kappa shape index (κ1) is 15.7. The van der Waals surface area contributed by atoms with Crippen molar-refractivity contribution in [2.75, 3.05) is 36.5 Å². The third-order valence-corrected chi connectivity index (χ3v) is 4.39. The predicted molar refractivity (Wildman–Crippen MR) is 99.3 cm³/mol. The normalized spacial score (nSPS) is 14.6. The Bertz CT molecular complexity index is 915. The molecule has 0 spiro atoms. The Morgan fingerprint density at radius 3 is 2.60 bits per heavy atom. The highest BCUT2D eigenvalue weighted by Gasteiger charge is 2.16. The van der Waals surface area contributed by atoms with Crippen LogP contribution in [-0.4, -0.2) is 26.3 Å². The second kappa shape index (κ2) is 6.99. The quantitative estimate of drug-likeness (QED) is 0.793. The second-order valence-corrected chi connectivity index (χ2v) is 6.07. The molecule has 0 atom stereocenters. The number of hydrogen-bond acceptors (Lipinski definition) is 5. The van der Waals surface area contributed by atoms with Crippen LogP contribution in [0.3, 0.4) is 0 Å². The van der Waals surface area contributed by atoms with Crippen molar-refractivity contribution in [2.45, 2.75) is 6.54 Å². The van der Waals surface area contributed by atoms with Crippen molar-refractivity contribution in [3.8, 4) is 0 Å². The molecule has 2 aromatic carbocycles. The lowest BCUT2D eigenvalue weighted by Crippen LogP contribution is -2.36. The molecule has 1 aliphatic heterocycles. The molecule has 5 nitrogen and oxygen atoms in total. The number of anilines is 2. The molecule has 0 radical (unpaired) electrons. The topological polar surface area (TPSA) is 54.7 Å². The Morgan fingerprint density at radius 2 is 1.80 bits per heavy atom. The number of hydrogen-bond donors (Lipinski definition) is 1. The monoisotopic (exact) mass is 336 g/mol. The van der Waals surface area contributed by atoms with Crippen molar-refractivity contribution < 1.29 is 9.15 Å². The second-order valence-electron chi connectivity index (χ2n) is 6.07. The van der Waals surface area contributed by atoms with E-state index in [2.05, 4.69) is 22.3 Å². The van der Waals surface area contributed by atoms with Gasteiger partial charge in [0.05, 0.1) is 24.3 Å². The van der Waals surface area contributed by atoms with E-state index >= 15 is 0 Å². The van der Waals surface area contributed by atoms with Crippen molar-refractivity contribution in [3.05, 3.63) is 70.4 Å². The molecule has 4 rings (SSSR count). The van der Waals surface area contributed by atoms with Crippen molar-refractivity contribution >= 4 is 22.5 Å². The van der Waals surface area contributed by atoms with Crippen LogP contribution in [-0.2, 0) is 11.3 Å². The first-order valence-corrected chi connectivity index (χ1v) is 8.48. The molecule has 1 saturated heterocycles. The minimum absolute atomic E-state index is 0.0221. The number of nitrogens with one attached hydrogen (secondary N) is 1. The minimum Gasteiger partial charge on any atom is -0.438 e. The van der Waals surface area contributed by atoms with Crippen LogP contribution in [0.15, 0.2) is 63.8 Å². The van der Waals surface area contributed by atoms with E-state index in [4.69, 9.17) is 9.15 Å². The summed E-state index contributed by atoms with van der Waals surface area (Å²) >= 11 is 0. The van der Waals surface area contributed by atoms with Gasteiger partial charge >= 0.3 is 0 Å². The number of nitrogens with zero attached hydrogens (tertiary/aromatic N) is 1. The molecular weight excluding hydrogens is 316 g/mol. The number of ether oxygens (including phenoxy) is 1. The zero-order chi connectivity index (χ0) is 17.1. The molecule has 5 heteroatoms. The van der Waals surface area contributed by atoms with Gasteiger partial charge in [0, 0.05) is 25.7 Å². The van der Waals surface area contributed by atoms with Crippen molar-refractivity contribution in [2.24, 2.45) is 0 Å². The van der Waals surface area contributed by atoms with E-state index in [-0.39, 0.29) is 5.43 Å². The summed E-state index contributed by atoms with van der Waals surface area (Å²) in [4.78, 5) is 14.6. The van der Waals surface area contributed by atoms with Crippen LogP contribution in [0.2, 0.25) is 0 Å². The van der Waals surface area contributed by atoms with Gasteiger partial charge in [-0.05, 0) is 17.7 Å². The third kappa shape index (κ3) is 3.37. The summed E-state index contributed by atoms with van der Waals surface area (Å²) in [5.74, 6) is 0.606. The van der Waals surface area contributed by atoms with E-state index in [1.165, 1.54) is 5.56 Å². The van der Waals surface area contributed by atoms with Crippen molar-refractivity contribution in [1.82, 2.24) is 0 Å². The van der Waals surface area contributed by atoms with Crippen LogP contribution in [0.5, 0.6) is 0 Å². The fraction of sp³-hybridized carbons (Fsp3) is 0.250. The van der Waals surface area contributed by atoms with E-state index in [1.54, 1.807) is 12.1 Å². The Balaban J connectivity index is 1.68. The largest absolute Gasteiger partial charge is 0.438 e. The Hall–Kier alpha value is -2.79. The first-order valence-electron chi connectivity index (χ1n) is 8.48. The average molecular weight is 336 g/mol. The maximum atomic E-state index is 12.5. The van der Waals surface area contributed by atoms with Crippen LogP contribution in [0.4, 0.5) is 11.6 Å². The zero-order valence-electron chi connectivity index (χ0n) is 13.9. The first-order chi connectivity index (χ1) is 12.3. The molecule has 128 valence electrons. The number of fused-ring (bicyclic) bond motifs is 1. The number of para-hydroxylation sites is 1. The van der Waals surface area contributed by atoms with Gasteiger partial charge in [0.25, 0.3) is 0 Å². The Morgan fingerprint density at radius 1 is 1.00 bits per heavy atom. The van der Waals surface area contributed by atoms with Crippen LogP contribution >= 0.6 is 0 Å². The molecule has 0 amide bonds. The lowest BCUT2D eigenvalue weighted by Gasteiger charge is -2.27. The van der Waals surface area contributed by atoms with E-state index in [9.17, 15) is 4.79 Å². The van der Waals surface area contributed by atoms with Gasteiger partial charge in [0.15, 0.2) is 16.9 Å². The molecule has 25 heavy (non-hydrogen) atoms. The van der Waals surface area contributed by atoms with Gasteiger partial charge in [0.1, 0.15) is 0 Å². The standard InChI is InChI=1S/C20H20N2O3/c23-18-13-19(22-9-11-24-12-10-22)25-20-16(18)7-4-8-17(20)21-14-15-5-2-1-3-6-15/h1-8,13,21H,9-12,14H2. The Labute approximate surface area is 145 Å². The van der Waals surface area contributed by atoms with Crippen molar-refractivity contribution in [1.29, 1.82) is 0 Å². The van der Waals surface area contributed by atoms with Gasteiger partial charge in [-0.3, -0.25) is 4.79 Å². The summed E-state index contributed by atoms with van der Waals surface area (Å²) in [6, 6.07) is 17.3. The molecular formula is C20H20N2O3. The van der Waals surface area contributed by atoms with Gasteiger partial charge in [-0.25, -0.2) is 0 Å². The summed E-state index contributed by atoms with van der Waals surface area (Å²) in [6.45, 7) is 3.43.